The Hall–Kier alpha value is -0.990. The quantitative estimate of drug-likeness (QED) is 0.210. The molecule has 0 aromatic heterocycles. The monoisotopic (exact) mass is 411 g/mol. The van der Waals surface area contributed by atoms with Crippen LogP contribution in [-0.4, -0.2) is 49.3 Å². The number of hydrogen-bond donors (Lipinski definition) is 2. The second kappa shape index (κ2) is 16.0. The first-order chi connectivity index (χ1) is 12.8. The van der Waals surface area contributed by atoms with Gasteiger partial charge in [-0.1, -0.05) is 46.0 Å². The van der Waals surface area contributed by atoms with Gasteiger partial charge in [0.25, 0.3) is 0 Å². The maximum Gasteiger partial charge on any atom is 0.472 e. The molecule has 0 fully saturated rings. The fraction of sp³-hybridized carbons (Fsp3) is 0.882. The van der Waals surface area contributed by atoms with Gasteiger partial charge in [0.1, 0.15) is 6.61 Å². The number of nitrogens with two attached hydrogens (primary N) is 1. The SMILES string of the molecule is CCCCCCCCC(=O)O[C@H](COC(=O)CC)COP(=O)(O)OCCN. The summed E-state index contributed by atoms with van der Waals surface area (Å²) in [4.78, 5) is 32.8. The molecule has 0 rings (SSSR count). The van der Waals surface area contributed by atoms with E-state index in [9.17, 15) is 19.0 Å². The van der Waals surface area contributed by atoms with Crippen LogP contribution < -0.4 is 5.73 Å². The van der Waals surface area contributed by atoms with Crippen LogP contribution in [-0.2, 0) is 32.7 Å². The topological polar surface area (TPSA) is 134 Å². The Morgan fingerprint density at radius 1 is 1.00 bits per heavy atom. The molecule has 9 nitrogen and oxygen atoms in total. The molecule has 0 amide bonds. The molecule has 0 aliphatic rings. The molecule has 160 valence electrons. The molecule has 10 heteroatoms. The lowest BCUT2D eigenvalue weighted by atomic mass is 10.1. The minimum absolute atomic E-state index is 0.0543. The molecular formula is C17H34NO8P. The normalized spacial score (nSPS) is 14.4. The number of phosphoric acid groups is 1. The van der Waals surface area contributed by atoms with E-state index < -0.39 is 32.5 Å². The van der Waals surface area contributed by atoms with E-state index in [2.05, 4.69) is 11.4 Å². The van der Waals surface area contributed by atoms with E-state index in [-0.39, 0.29) is 32.6 Å². The van der Waals surface area contributed by atoms with E-state index >= 15 is 0 Å². The van der Waals surface area contributed by atoms with Crippen LogP contribution in [0, 0.1) is 0 Å². The maximum absolute atomic E-state index is 12.0. The third-order valence-corrected chi connectivity index (χ3v) is 4.53. The van der Waals surface area contributed by atoms with E-state index in [1.54, 1.807) is 6.92 Å². The van der Waals surface area contributed by atoms with Crippen LogP contribution >= 0.6 is 7.82 Å². The van der Waals surface area contributed by atoms with Crippen LogP contribution in [0.15, 0.2) is 0 Å². The first-order valence-corrected chi connectivity index (χ1v) is 11.0. The molecule has 0 aromatic rings. The summed E-state index contributed by atoms with van der Waals surface area (Å²) in [6, 6.07) is 0. The summed E-state index contributed by atoms with van der Waals surface area (Å²) in [5.41, 5.74) is 5.20. The van der Waals surface area contributed by atoms with Crippen molar-refractivity contribution in [2.45, 2.75) is 71.3 Å². The highest BCUT2D eigenvalue weighted by Crippen LogP contribution is 2.43. The van der Waals surface area contributed by atoms with Crippen molar-refractivity contribution in [2.75, 3.05) is 26.4 Å². The van der Waals surface area contributed by atoms with E-state index in [1.165, 1.54) is 6.42 Å². The van der Waals surface area contributed by atoms with Gasteiger partial charge in [0.2, 0.25) is 0 Å². The summed E-state index contributed by atoms with van der Waals surface area (Å²) in [5.74, 6) is -0.944. The molecule has 0 saturated heterocycles. The zero-order valence-electron chi connectivity index (χ0n) is 16.4. The zero-order valence-corrected chi connectivity index (χ0v) is 17.3. The molecule has 0 aromatic carbocycles. The van der Waals surface area contributed by atoms with Gasteiger partial charge >= 0.3 is 19.8 Å². The molecule has 0 aliphatic carbocycles. The predicted octanol–water partition coefficient (Wildman–Crippen LogP) is 2.69. The van der Waals surface area contributed by atoms with Gasteiger partial charge in [0, 0.05) is 19.4 Å². The van der Waals surface area contributed by atoms with Crippen molar-refractivity contribution < 1.29 is 37.6 Å². The standard InChI is InChI=1S/C17H34NO8P/c1-3-5-6-7-8-9-10-17(20)26-15(13-23-16(19)4-2)14-25-27(21,22)24-12-11-18/h15H,3-14,18H2,1-2H3,(H,21,22)/t15-/m1/s1. The van der Waals surface area contributed by atoms with Crippen LogP contribution in [0.1, 0.15) is 65.2 Å². The summed E-state index contributed by atoms with van der Waals surface area (Å²) in [5, 5.41) is 0. The van der Waals surface area contributed by atoms with Crippen LogP contribution in [0.3, 0.4) is 0 Å². The highest BCUT2D eigenvalue weighted by molar-refractivity contribution is 7.47. The number of esters is 2. The lowest BCUT2D eigenvalue weighted by molar-refractivity contribution is -0.161. The van der Waals surface area contributed by atoms with Crippen molar-refractivity contribution in [1.29, 1.82) is 0 Å². The van der Waals surface area contributed by atoms with Crippen LogP contribution in [0.4, 0.5) is 0 Å². The third-order valence-electron chi connectivity index (χ3n) is 3.55. The minimum Gasteiger partial charge on any atom is -0.462 e. The molecule has 0 saturated carbocycles. The van der Waals surface area contributed by atoms with Gasteiger partial charge in [-0.3, -0.25) is 18.6 Å². The Balaban J connectivity index is 4.38. The third kappa shape index (κ3) is 15.7. The second-order valence-electron chi connectivity index (χ2n) is 6.05. The van der Waals surface area contributed by atoms with Crippen molar-refractivity contribution in [3.63, 3.8) is 0 Å². The Morgan fingerprint density at radius 3 is 2.30 bits per heavy atom. The van der Waals surface area contributed by atoms with Crippen molar-refractivity contribution in [3.05, 3.63) is 0 Å². The van der Waals surface area contributed by atoms with Gasteiger partial charge in [0.05, 0.1) is 13.2 Å². The molecule has 0 spiro atoms. The smallest absolute Gasteiger partial charge is 0.462 e. The van der Waals surface area contributed by atoms with E-state index in [4.69, 9.17) is 19.7 Å². The minimum atomic E-state index is -4.31. The molecule has 1 unspecified atom stereocenters. The molecule has 3 N–H and O–H groups in total. The fourth-order valence-electron chi connectivity index (χ4n) is 2.08. The maximum atomic E-state index is 12.0. The number of ether oxygens (including phenoxy) is 2. The fourth-order valence-corrected chi connectivity index (χ4v) is 2.85. The van der Waals surface area contributed by atoms with Crippen molar-refractivity contribution >= 4 is 19.8 Å². The van der Waals surface area contributed by atoms with Crippen molar-refractivity contribution in [2.24, 2.45) is 5.73 Å². The highest BCUT2D eigenvalue weighted by atomic mass is 31.2. The Morgan fingerprint density at radius 2 is 1.67 bits per heavy atom. The molecule has 2 atom stereocenters. The Kier molecular flexibility index (Phi) is 15.4. The van der Waals surface area contributed by atoms with E-state index in [0.29, 0.717) is 6.42 Å². The van der Waals surface area contributed by atoms with Gasteiger partial charge in [-0.2, -0.15) is 0 Å². The molecule has 0 heterocycles. The summed E-state index contributed by atoms with van der Waals surface area (Å²) >= 11 is 0. The number of carbonyl (C=O) groups excluding carboxylic acids is 2. The van der Waals surface area contributed by atoms with Gasteiger partial charge in [-0.25, -0.2) is 4.57 Å². The lowest BCUT2D eigenvalue weighted by Gasteiger charge is -2.19. The van der Waals surface area contributed by atoms with E-state index in [1.807, 2.05) is 0 Å². The van der Waals surface area contributed by atoms with Crippen molar-refractivity contribution in [3.8, 4) is 0 Å². The average molecular weight is 411 g/mol. The summed E-state index contributed by atoms with van der Waals surface area (Å²) in [6.45, 7) is 2.97. The average Bonchev–Trinajstić information content (AvgIpc) is 2.64. The first kappa shape index (κ1) is 26.0. The van der Waals surface area contributed by atoms with Gasteiger partial charge in [-0.15, -0.1) is 0 Å². The largest absolute Gasteiger partial charge is 0.472 e. The number of rotatable bonds is 17. The van der Waals surface area contributed by atoms with E-state index in [0.717, 1.165) is 25.7 Å². The zero-order chi connectivity index (χ0) is 20.5. The number of unbranched alkanes of at least 4 members (excludes halogenated alkanes) is 5. The first-order valence-electron chi connectivity index (χ1n) is 9.51. The molecule has 0 bridgehead atoms. The number of hydrogen-bond acceptors (Lipinski definition) is 8. The number of phosphoric ester groups is 1. The highest BCUT2D eigenvalue weighted by Gasteiger charge is 2.25. The van der Waals surface area contributed by atoms with Gasteiger partial charge in [-0.05, 0) is 6.42 Å². The van der Waals surface area contributed by atoms with Crippen LogP contribution in [0.25, 0.3) is 0 Å². The van der Waals surface area contributed by atoms with Crippen molar-refractivity contribution in [1.82, 2.24) is 0 Å². The molecule has 27 heavy (non-hydrogen) atoms. The van der Waals surface area contributed by atoms with Crippen LogP contribution in [0.2, 0.25) is 0 Å². The van der Waals surface area contributed by atoms with Gasteiger partial charge in [0.15, 0.2) is 6.10 Å². The Labute approximate surface area is 161 Å². The predicted molar refractivity (Wildman–Crippen MR) is 99.9 cm³/mol. The number of carbonyl (C=O) groups is 2. The lowest BCUT2D eigenvalue weighted by Crippen LogP contribution is -2.29. The molecular weight excluding hydrogens is 377 g/mol. The summed E-state index contributed by atoms with van der Waals surface area (Å²) in [6.07, 6.45) is 5.57. The molecule has 0 radical (unpaired) electrons. The van der Waals surface area contributed by atoms with Crippen LogP contribution in [0.5, 0.6) is 0 Å². The Bertz CT molecular complexity index is 460. The second-order valence-corrected chi connectivity index (χ2v) is 7.51. The van der Waals surface area contributed by atoms with Gasteiger partial charge < -0.3 is 20.1 Å². The summed E-state index contributed by atoms with van der Waals surface area (Å²) < 4.78 is 31.2. The summed E-state index contributed by atoms with van der Waals surface area (Å²) in [7, 11) is -4.31. The molecule has 0 aliphatic heterocycles.